The van der Waals surface area contributed by atoms with Gasteiger partial charge in [-0.1, -0.05) is 6.07 Å². The Bertz CT molecular complexity index is 904. The van der Waals surface area contributed by atoms with Gasteiger partial charge in [0.25, 0.3) is 0 Å². The number of carboxylic acid groups (broad SMARTS) is 1. The molecular weight excluding hydrogens is 328 g/mol. The molecule has 2 heterocycles. The zero-order chi connectivity index (χ0) is 17.8. The van der Waals surface area contributed by atoms with E-state index in [0.717, 1.165) is 11.1 Å². The Morgan fingerprint density at radius 2 is 2.04 bits per heavy atom. The lowest BCUT2D eigenvalue weighted by Gasteiger charge is -2.20. The van der Waals surface area contributed by atoms with Crippen LogP contribution >= 0.6 is 11.8 Å². The maximum absolute atomic E-state index is 13.0. The van der Waals surface area contributed by atoms with Gasteiger partial charge in [-0.15, -0.1) is 11.8 Å². The molecule has 0 radical (unpaired) electrons. The minimum absolute atomic E-state index is 0.0336. The number of nitrogen functional groups attached to an aromatic ring is 1. The van der Waals surface area contributed by atoms with Gasteiger partial charge < -0.3 is 15.3 Å². The van der Waals surface area contributed by atoms with Crippen molar-refractivity contribution in [2.75, 3.05) is 5.73 Å². The van der Waals surface area contributed by atoms with Crippen molar-refractivity contribution in [1.82, 2.24) is 5.32 Å². The smallest absolute Gasteiger partial charge is 0.322 e. The lowest BCUT2D eigenvalue weighted by Crippen LogP contribution is -2.44. The van der Waals surface area contributed by atoms with Crippen LogP contribution < -0.4 is 16.5 Å². The predicted octanol–water partition coefficient (Wildman–Crippen LogP) is 2.56. The summed E-state index contributed by atoms with van der Waals surface area (Å²) in [6, 6.07) is 2.92. The molecule has 0 bridgehead atoms. The Kier molecular flexibility index (Phi) is 3.88. The molecule has 128 valence electrons. The Morgan fingerprint density at radius 1 is 1.38 bits per heavy atom. The molecule has 2 unspecified atom stereocenters. The van der Waals surface area contributed by atoms with Gasteiger partial charge in [-0.05, 0) is 44.9 Å². The van der Waals surface area contributed by atoms with Gasteiger partial charge in [0.15, 0.2) is 0 Å². The van der Waals surface area contributed by atoms with E-state index in [2.05, 4.69) is 5.32 Å². The van der Waals surface area contributed by atoms with Gasteiger partial charge in [-0.3, -0.25) is 14.9 Å². The van der Waals surface area contributed by atoms with Crippen molar-refractivity contribution in [2.45, 2.75) is 43.9 Å². The number of aliphatic carboxylic acids is 1. The second kappa shape index (κ2) is 5.53. The third-order valence-electron chi connectivity index (χ3n) is 4.33. The zero-order valence-electron chi connectivity index (χ0n) is 14.0. The van der Waals surface area contributed by atoms with Gasteiger partial charge in [0.2, 0.25) is 11.3 Å². The molecule has 0 aliphatic carbocycles. The summed E-state index contributed by atoms with van der Waals surface area (Å²) < 4.78 is 5.14. The van der Waals surface area contributed by atoms with Crippen LogP contribution in [0.2, 0.25) is 0 Å². The lowest BCUT2D eigenvalue weighted by molar-refractivity contribution is -0.139. The number of nitrogens with one attached hydrogen (secondary N) is 1. The zero-order valence-corrected chi connectivity index (χ0v) is 14.8. The number of nitrogens with two attached hydrogens (primary N) is 1. The van der Waals surface area contributed by atoms with Crippen LogP contribution in [0.4, 0.5) is 5.88 Å². The van der Waals surface area contributed by atoms with Crippen molar-refractivity contribution < 1.29 is 14.3 Å². The first-order valence-corrected chi connectivity index (χ1v) is 8.50. The van der Waals surface area contributed by atoms with E-state index in [4.69, 9.17) is 10.2 Å². The molecule has 7 heteroatoms. The highest BCUT2D eigenvalue weighted by Gasteiger charge is 2.47. The molecule has 1 saturated heterocycles. The molecule has 0 saturated carbocycles. The molecular formula is C17H20N2O4S. The molecule has 1 aromatic carbocycles. The number of carbonyl (C=O) groups is 1. The monoisotopic (exact) mass is 348 g/mol. The second-order valence-corrected chi connectivity index (χ2v) is 8.47. The summed E-state index contributed by atoms with van der Waals surface area (Å²) in [7, 11) is 0. The average molecular weight is 348 g/mol. The number of rotatable bonds is 2. The molecule has 6 nitrogen and oxygen atoms in total. The molecule has 3 rings (SSSR count). The number of benzene rings is 1. The van der Waals surface area contributed by atoms with E-state index in [1.807, 2.05) is 33.8 Å². The summed E-state index contributed by atoms with van der Waals surface area (Å²) in [6.07, 6.45) is 0. The van der Waals surface area contributed by atoms with E-state index >= 15 is 0 Å². The Hall–Kier alpha value is -1.99. The molecule has 0 spiro atoms. The molecule has 2 atom stereocenters. The number of anilines is 1. The van der Waals surface area contributed by atoms with Crippen molar-refractivity contribution >= 4 is 34.6 Å². The number of fused-ring (bicyclic) bond motifs is 1. The SMILES string of the molecule is Cc1cc(C)c2oc(N)c(C3NC(C(=O)O)C(C)(C)S3)c(=O)c2c1. The molecule has 0 amide bonds. The third kappa shape index (κ3) is 2.57. The Morgan fingerprint density at radius 3 is 2.62 bits per heavy atom. The molecule has 4 N–H and O–H groups in total. The quantitative estimate of drug-likeness (QED) is 0.766. The summed E-state index contributed by atoms with van der Waals surface area (Å²) in [6.45, 7) is 7.44. The van der Waals surface area contributed by atoms with Crippen LogP contribution in [-0.4, -0.2) is 21.9 Å². The van der Waals surface area contributed by atoms with E-state index in [0.29, 0.717) is 11.0 Å². The maximum atomic E-state index is 13.0. The van der Waals surface area contributed by atoms with Crippen LogP contribution in [0.15, 0.2) is 21.3 Å². The van der Waals surface area contributed by atoms with Gasteiger partial charge in [0.1, 0.15) is 11.6 Å². The van der Waals surface area contributed by atoms with E-state index in [-0.39, 0.29) is 16.9 Å². The maximum Gasteiger partial charge on any atom is 0.322 e. The summed E-state index contributed by atoms with van der Waals surface area (Å²) >= 11 is 1.37. The highest BCUT2D eigenvalue weighted by Crippen LogP contribution is 2.46. The van der Waals surface area contributed by atoms with E-state index in [1.165, 1.54) is 11.8 Å². The van der Waals surface area contributed by atoms with Crippen LogP contribution in [0.3, 0.4) is 0 Å². The van der Waals surface area contributed by atoms with Crippen molar-refractivity contribution in [3.8, 4) is 0 Å². The number of hydrogen-bond acceptors (Lipinski definition) is 6. The molecule has 1 aromatic heterocycles. The molecule has 2 aromatic rings. The number of hydrogen-bond donors (Lipinski definition) is 3. The van der Waals surface area contributed by atoms with E-state index in [9.17, 15) is 14.7 Å². The summed E-state index contributed by atoms with van der Waals surface area (Å²) in [4.78, 5) is 24.4. The van der Waals surface area contributed by atoms with Gasteiger partial charge in [-0.25, -0.2) is 0 Å². The molecule has 1 aliphatic rings. The van der Waals surface area contributed by atoms with E-state index < -0.39 is 22.1 Å². The van der Waals surface area contributed by atoms with Crippen LogP contribution in [-0.2, 0) is 4.79 Å². The fraction of sp³-hybridized carbons (Fsp3) is 0.412. The fourth-order valence-corrected chi connectivity index (χ4v) is 4.66. The van der Waals surface area contributed by atoms with Gasteiger partial charge in [-0.2, -0.15) is 0 Å². The molecule has 24 heavy (non-hydrogen) atoms. The van der Waals surface area contributed by atoms with Crippen LogP contribution in [0, 0.1) is 13.8 Å². The van der Waals surface area contributed by atoms with Crippen molar-refractivity contribution in [3.63, 3.8) is 0 Å². The predicted molar refractivity (Wildman–Crippen MR) is 95.3 cm³/mol. The highest BCUT2D eigenvalue weighted by molar-refractivity contribution is 8.01. The largest absolute Gasteiger partial charge is 0.480 e. The summed E-state index contributed by atoms with van der Waals surface area (Å²) in [5.41, 5.74) is 8.36. The Labute approximate surface area is 143 Å². The topological polar surface area (TPSA) is 106 Å². The summed E-state index contributed by atoms with van der Waals surface area (Å²) in [5.74, 6) is -0.920. The van der Waals surface area contributed by atoms with Gasteiger partial charge in [0.05, 0.1) is 16.3 Å². The number of aryl methyl sites for hydroxylation is 2. The molecule has 1 fully saturated rings. The lowest BCUT2D eigenvalue weighted by atomic mass is 10.0. The fourth-order valence-electron chi connectivity index (χ4n) is 3.20. The standard InChI is InChI=1S/C17H20N2O4S/c1-7-5-8(2)12-9(6-7)11(20)10(14(18)23-12)15-19-13(16(21)22)17(3,4)24-15/h5-6,13,15,19H,18H2,1-4H3,(H,21,22). The first kappa shape index (κ1) is 16.9. The average Bonchev–Trinajstić information content (AvgIpc) is 2.76. The number of carboxylic acids is 1. The van der Waals surface area contributed by atoms with Crippen LogP contribution in [0.5, 0.6) is 0 Å². The van der Waals surface area contributed by atoms with Gasteiger partial charge >= 0.3 is 5.97 Å². The van der Waals surface area contributed by atoms with Crippen LogP contribution in [0.1, 0.15) is 35.9 Å². The number of thioether (sulfide) groups is 1. The normalized spacial score (nSPS) is 22.8. The van der Waals surface area contributed by atoms with Crippen molar-refractivity contribution in [3.05, 3.63) is 39.0 Å². The second-order valence-electron chi connectivity index (χ2n) is 6.71. The third-order valence-corrected chi connectivity index (χ3v) is 5.78. The summed E-state index contributed by atoms with van der Waals surface area (Å²) in [5, 5.41) is 12.3. The molecule has 1 aliphatic heterocycles. The minimum Gasteiger partial charge on any atom is -0.480 e. The Balaban J connectivity index is 2.18. The van der Waals surface area contributed by atoms with Gasteiger partial charge in [0, 0.05) is 4.75 Å². The highest BCUT2D eigenvalue weighted by atomic mass is 32.2. The van der Waals surface area contributed by atoms with Crippen molar-refractivity contribution in [2.24, 2.45) is 0 Å². The van der Waals surface area contributed by atoms with Crippen LogP contribution in [0.25, 0.3) is 11.0 Å². The van der Waals surface area contributed by atoms with E-state index in [1.54, 1.807) is 6.07 Å². The first-order chi connectivity index (χ1) is 11.1. The first-order valence-electron chi connectivity index (χ1n) is 7.62. The minimum atomic E-state index is -0.953. The van der Waals surface area contributed by atoms with Crippen molar-refractivity contribution in [1.29, 1.82) is 0 Å².